The van der Waals surface area contributed by atoms with Crippen molar-refractivity contribution >= 4 is 5.97 Å². The molecule has 88 valence electrons. The summed E-state index contributed by atoms with van der Waals surface area (Å²) in [7, 11) is 0. The Kier molecular flexibility index (Phi) is 3.77. The molecule has 0 unspecified atom stereocenters. The van der Waals surface area contributed by atoms with E-state index < -0.39 is 5.41 Å². The SMILES string of the molecule is C[C@H](COC(=O)C(C)(C)C)[C@H]1C[C@@H]1CO. The van der Waals surface area contributed by atoms with Crippen LogP contribution in [0.3, 0.4) is 0 Å². The number of hydrogen-bond acceptors (Lipinski definition) is 3. The number of aliphatic hydroxyl groups excluding tert-OH is 1. The van der Waals surface area contributed by atoms with Gasteiger partial charge in [-0.3, -0.25) is 4.79 Å². The van der Waals surface area contributed by atoms with Gasteiger partial charge in [-0.05, 0) is 44.9 Å². The van der Waals surface area contributed by atoms with Crippen molar-refractivity contribution in [2.75, 3.05) is 13.2 Å². The largest absolute Gasteiger partial charge is 0.465 e. The van der Waals surface area contributed by atoms with Crippen molar-refractivity contribution in [3.8, 4) is 0 Å². The van der Waals surface area contributed by atoms with Crippen LogP contribution >= 0.6 is 0 Å². The lowest BCUT2D eigenvalue weighted by atomic mass is 9.97. The highest BCUT2D eigenvalue weighted by atomic mass is 16.5. The molecule has 0 radical (unpaired) electrons. The highest BCUT2D eigenvalue weighted by Gasteiger charge is 2.40. The summed E-state index contributed by atoms with van der Waals surface area (Å²) in [5, 5.41) is 8.92. The van der Waals surface area contributed by atoms with Gasteiger partial charge < -0.3 is 9.84 Å². The minimum Gasteiger partial charge on any atom is -0.465 e. The third kappa shape index (κ3) is 3.49. The topological polar surface area (TPSA) is 46.5 Å². The predicted molar refractivity (Wildman–Crippen MR) is 58.3 cm³/mol. The molecule has 0 saturated heterocycles. The van der Waals surface area contributed by atoms with Crippen molar-refractivity contribution in [2.45, 2.75) is 34.1 Å². The second-order valence-electron chi connectivity index (χ2n) is 5.67. The maximum absolute atomic E-state index is 11.5. The van der Waals surface area contributed by atoms with Crippen molar-refractivity contribution in [2.24, 2.45) is 23.2 Å². The van der Waals surface area contributed by atoms with Crippen molar-refractivity contribution in [3.05, 3.63) is 0 Å². The van der Waals surface area contributed by atoms with Crippen molar-refractivity contribution in [3.63, 3.8) is 0 Å². The maximum Gasteiger partial charge on any atom is 0.311 e. The summed E-state index contributed by atoms with van der Waals surface area (Å²) in [6, 6.07) is 0. The molecule has 0 aliphatic heterocycles. The van der Waals surface area contributed by atoms with E-state index in [2.05, 4.69) is 6.92 Å². The third-order valence-corrected chi connectivity index (χ3v) is 3.03. The summed E-state index contributed by atoms with van der Waals surface area (Å²) in [6.07, 6.45) is 1.07. The standard InChI is InChI=1S/C12H22O3/c1-8(10-5-9(10)6-13)7-15-11(14)12(2,3)4/h8-10,13H,5-7H2,1-4H3/t8-,9-,10-/m1/s1. The fraction of sp³-hybridized carbons (Fsp3) is 0.917. The van der Waals surface area contributed by atoms with Crippen LogP contribution < -0.4 is 0 Å². The number of rotatable bonds is 4. The van der Waals surface area contributed by atoms with Gasteiger partial charge in [0.25, 0.3) is 0 Å². The van der Waals surface area contributed by atoms with Crippen LogP contribution in [-0.4, -0.2) is 24.3 Å². The normalized spacial score (nSPS) is 27.3. The highest BCUT2D eigenvalue weighted by Crippen LogP contribution is 2.43. The lowest BCUT2D eigenvalue weighted by molar-refractivity contribution is -0.154. The van der Waals surface area contributed by atoms with E-state index in [-0.39, 0.29) is 12.6 Å². The maximum atomic E-state index is 11.5. The molecule has 1 saturated carbocycles. The van der Waals surface area contributed by atoms with E-state index in [0.29, 0.717) is 24.4 Å². The zero-order chi connectivity index (χ0) is 11.6. The van der Waals surface area contributed by atoms with Gasteiger partial charge in [0.1, 0.15) is 0 Å². The first-order valence-electron chi connectivity index (χ1n) is 5.64. The van der Waals surface area contributed by atoms with E-state index in [1.165, 1.54) is 0 Å². The number of ether oxygens (including phenoxy) is 1. The Balaban J connectivity index is 2.23. The van der Waals surface area contributed by atoms with Gasteiger partial charge in [-0.15, -0.1) is 0 Å². The lowest BCUT2D eigenvalue weighted by Gasteiger charge is -2.19. The van der Waals surface area contributed by atoms with Crippen LogP contribution in [0.5, 0.6) is 0 Å². The lowest BCUT2D eigenvalue weighted by Crippen LogP contribution is -2.25. The molecule has 3 nitrogen and oxygen atoms in total. The predicted octanol–water partition coefficient (Wildman–Crippen LogP) is 1.84. The Morgan fingerprint density at radius 1 is 1.53 bits per heavy atom. The van der Waals surface area contributed by atoms with E-state index in [1.807, 2.05) is 20.8 Å². The van der Waals surface area contributed by atoms with E-state index in [9.17, 15) is 4.79 Å². The van der Waals surface area contributed by atoms with Crippen LogP contribution in [0.15, 0.2) is 0 Å². The molecule has 0 spiro atoms. The number of carbonyl (C=O) groups is 1. The molecule has 1 fully saturated rings. The first-order chi connectivity index (χ1) is 6.86. The Hall–Kier alpha value is -0.570. The van der Waals surface area contributed by atoms with Crippen LogP contribution in [0.2, 0.25) is 0 Å². The quantitative estimate of drug-likeness (QED) is 0.726. The van der Waals surface area contributed by atoms with Crippen LogP contribution in [0.1, 0.15) is 34.1 Å². The Bertz CT molecular complexity index is 230. The molecule has 3 atom stereocenters. The van der Waals surface area contributed by atoms with Crippen LogP contribution in [0, 0.1) is 23.2 Å². The smallest absolute Gasteiger partial charge is 0.311 e. The number of hydrogen-bond donors (Lipinski definition) is 1. The minimum atomic E-state index is -0.417. The van der Waals surface area contributed by atoms with Gasteiger partial charge in [0, 0.05) is 6.61 Å². The molecule has 1 N–H and O–H groups in total. The van der Waals surface area contributed by atoms with Gasteiger partial charge in [0.2, 0.25) is 0 Å². The molecule has 3 heteroatoms. The van der Waals surface area contributed by atoms with Crippen LogP contribution in [0.4, 0.5) is 0 Å². The van der Waals surface area contributed by atoms with Gasteiger partial charge in [-0.2, -0.15) is 0 Å². The Morgan fingerprint density at radius 3 is 2.53 bits per heavy atom. The van der Waals surface area contributed by atoms with E-state index in [0.717, 1.165) is 6.42 Å². The summed E-state index contributed by atoms with van der Waals surface area (Å²) in [6.45, 7) is 8.39. The second-order valence-corrected chi connectivity index (χ2v) is 5.67. The van der Waals surface area contributed by atoms with Crippen molar-refractivity contribution in [1.82, 2.24) is 0 Å². The fourth-order valence-corrected chi connectivity index (χ4v) is 1.73. The first-order valence-corrected chi connectivity index (χ1v) is 5.64. The average Bonchev–Trinajstić information content (AvgIpc) is 2.90. The summed E-state index contributed by atoms with van der Waals surface area (Å²) < 4.78 is 5.24. The second kappa shape index (κ2) is 4.52. The number of esters is 1. The van der Waals surface area contributed by atoms with Gasteiger partial charge in [0.05, 0.1) is 12.0 Å². The molecule has 15 heavy (non-hydrogen) atoms. The highest BCUT2D eigenvalue weighted by molar-refractivity contribution is 5.75. The van der Waals surface area contributed by atoms with Crippen molar-refractivity contribution < 1.29 is 14.6 Å². The Morgan fingerprint density at radius 2 is 2.13 bits per heavy atom. The molecule has 0 aromatic carbocycles. The van der Waals surface area contributed by atoms with Crippen LogP contribution in [-0.2, 0) is 9.53 Å². The van der Waals surface area contributed by atoms with Crippen molar-refractivity contribution in [1.29, 1.82) is 0 Å². The van der Waals surface area contributed by atoms with Crippen LogP contribution in [0.25, 0.3) is 0 Å². The fourth-order valence-electron chi connectivity index (χ4n) is 1.73. The summed E-state index contributed by atoms with van der Waals surface area (Å²) in [4.78, 5) is 11.5. The molecule has 0 amide bonds. The summed E-state index contributed by atoms with van der Waals surface area (Å²) in [5.41, 5.74) is -0.417. The molecule has 0 bridgehead atoms. The summed E-state index contributed by atoms with van der Waals surface area (Å²) in [5.74, 6) is 1.21. The zero-order valence-electron chi connectivity index (χ0n) is 10.1. The van der Waals surface area contributed by atoms with Gasteiger partial charge in [-0.25, -0.2) is 0 Å². The summed E-state index contributed by atoms with van der Waals surface area (Å²) >= 11 is 0. The molecule has 0 aromatic heterocycles. The molecule has 0 aromatic rings. The first kappa shape index (κ1) is 12.5. The van der Waals surface area contributed by atoms with E-state index >= 15 is 0 Å². The number of aliphatic hydroxyl groups is 1. The molecular weight excluding hydrogens is 192 g/mol. The van der Waals surface area contributed by atoms with Gasteiger partial charge in [0.15, 0.2) is 0 Å². The minimum absolute atomic E-state index is 0.143. The molecule has 1 aliphatic carbocycles. The van der Waals surface area contributed by atoms with Gasteiger partial charge in [-0.1, -0.05) is 6.92 Å². The van der Waals surface area contributed by atoms with E-state index in [4.69, 9.17) is 9.84 Å². The number of carbonyl (C=O) groups excluding carboxylic acids is 1. The van der Waals surface area contributed by atoms with Gasteiger partial charge >= 0.3 is 5.97 Å². The molecular formula is C12H22O3. The third-order valence-electron chi connectivity index (χ3n) is 3.03. The monoisotopic (exact) mass is 214 g/mol. The molecule has 0 heterocycles. The zero-order valence-corrected chi connectivity index (χ0v) is 10.1. The molecule has 1 rings (SSSR count). The molecule has 1 aliphatic rings. The van der Waals surface area contributed by atoms with E-state index in [1.54, 1.807) is 0 Å². The average molecular weight is 214 g/mol. The Labute approximate surface area is 91.8 Å².